The highest BCUT2D eigenvalue weighted by Crippen LogP contribution is 2.45. The second-order valence-corrected chi connectivity index (χ2v) is 9.16. The minimum absolute atomic E-state index is 0.0150. The van der Waals surface area contributed by atoms with Crippen molar-refractivity contribution in [2.45, 2.75) is 24.5 Å². The molecule has 3 rings (SSSR count). The summed E-state index contributed by atoms with van der Waals surface area (Å²) in [6.45, 7) is 5.15. The van der Waals surface area contributed by atoms with Gasteiger partial charge < -0.3 is 9.80 Å². The third-order valence-electron chi connectivity index (χ3n) is 4.13. The molecule has 1 fully saturated rings. The molecule has 3 heterocycles. The molecule has 0 aliphatic carbocycles. The molecular formula is C17H20N2O2S3. The zero-order chi connectivity index (χ0) is 17.3. The van der Waals surface area contributed by atoms with E-state index in [1.54, 1.807) is 35.0 Å². The largest absolute Gasteiger partial charge is 0.339 e. The average molecular weight is 381 g/mol. The Morgan fingerprint density at radius 2 is 2.08 bits per heavy atom. The van der Waals surface area contributed by atoms with Gasteiger partial charge in [0.25, 0.3) is 5.91 Å². The number of thiophene rings is 2. The van der Waals surface area contributed by atoms with Crippen molar-refractivity contribution in [2.24, 2.45) is 0 Å². The SMILES string of the molecule is Cc1ccsc1[C@H]1S[C@@H](C)C(=O)N1CCN(C)C(=O)c1cccs1. The van der Waals surface area contributed by atoms with Gasteiger partial charge in [0.2, 0.25) is 5.91 Å². The molecule has 0 radical (unpaired) electrons. The highest BCUT2D eigenvalue weighted by Gasteiger charge is 2.39. The van der Waals surface area contributed by atoms with Gasteiger partial charge in [-0.1, -0.05) is 6.07 Å². The van der Waals surface area contributed by atoms with Gasteiger partial charge in [-0.05, 0) is 42.3 Å². The average Bonchev–Trinajstić information content (AvgIpc) is 3.28. The van der Waals surface area contributed by atoms with Crippen molar-refractivity contribution >= 4 is 46.2 Å². The van der Waals surface area contributed by atoms with Gasteiger partial charge in [-0.2, -0.15) is 0 Å². The molecule has 0 unspecified atom stereocenters. The number of likely N-dealkylation sites (N-methyl/N-ethyl adjacent to an activating group) is 1. The maximum absolute atomic E-state index is 12.5. The van der Waals surface area contributed by atoms with Crippen LogP contribution in [-0.2, 0) is 4.79 Å². The number of hydrogen-bond donors (Lipinski definition) is 0. The molecule has 7 heteroatoms. The smallest absolute Gasteiger partial charge is 0.263 e. The van der Waals surface area contributed by atoms with Crippen molar-refractivity contribution in [1.29, 1.82) is 0 Å². The Hall–Kier alpha value is -1.31. The summed E-state index contributed by atoms with van der Waals surface area (Å²) in [7, 11) is 1.80. The molecule has 0 N–H and O–H groups in total. The van der Waals surface area contributed by atoms with Crippen molar-refractivity contribution in [3.63, 3.8) is 0 Å². The third-order valence-corrected chi connectivity index (χ3v) is 7.56. The van der Waals surface area contributed by atoms with Crippen LogP contribution in [0.2, 0.25) is 0 Å². The fraction of sp³-hybridized carbons (Fsp3) is 0.412. The lowest BCUT2D eigenvalue weighted by atomic mass is 10.2. The van der Waals surface area contributed by atoms with Crippen LogP contribution in [0.3, 0.4) is 0 Å². The summed E-state index contributed by atoms with van der Waals surface area (Å²) < 4.78 is 0. The lowest BCUT2D eigenvalue weighted by molar-refractivity contribution is -0.129. The first-order valence-corrected chi connectivity index (χ1v) is 10.5. The molecule has 0 spiro atoms. The van der Waals surface area contributed by atoms with Crippen LogP contribution in [0.15, 0.2) is 29.0 Å². The van der Waals surface area contributed by atoms with E-state index < -0.39 is 0 Å². The minimum Gasteiger partial charge on any atom is -0.339 e. The first-order chi connectivity index (χ1) is 11.5. The molecule has 24 heavy (non-hydrogen) atoms. The van der Waals surface area contributed by atoms with E-state index in [2.05, 4.69) is 18.4 Å². The molecule has 1 aliphatic rings. The quantitative estimate of drug-likeness (QED) is 0.791. The number of nitrogens with zero attached hydrogens (tertiary/aromatic N) is 2. The van der Waals surface area contributed by atoms with Gasteiger partial charge >= 0.3 is 0 Å². The second kappa shape index (κ2) is 7.29. The van der Waals surface area contributed by atoms with E-state index >= 15 is 0 Å². The summed E-state index contributed by atoms with van der Waals surface area (Å²) in [5, 5.41) is 4.01. The van der Waals surface area contributed by atoms with Gasteiger partial charge in [-0.25, -0.2) is 0 Å². The highest BCUT2D eigenvalue weighted by atomic mass is 32.2. The van der Waals surface area contributed by atoms with Crippen LogP contribution in [0.1, 0.15) is 32.4 Å². The van der Waals surface area contributed by atoms with Crippen molar-refractivity contribution in [3.8, 4) is 0 Å². The molecule has 2 aromatic rings. The van der Waals surface area contributed by atoms with Gasteiger partial charge in [-0.15, -0.1) is 34.4 Å². The summed E-state index contributed by atoms with van der Waals surface area (Å²) in [6.07, 6.45) is 0. The Morgan fingerprint density at radius 1 is 1.29 bits per heavy atom. The van der Waals surface area contributed by atoms with Gasteiger partial charge in [-0.3, -0.25) is 9.59 Å². The third kappa shape index (κ3) is 3.38. The zero-order valence-electron chi connectivity index (χ0n) is 13.9. The summed E-state index contributed by atoms with van der Waals surface area (Å²) in [4.78, 5) is 30.5. The van der Waals surface area contributed by atoms with E-state index in [1.165, 1.54) is 21.8 Å². The number of thioether (sulfide) groups is 1. The van der Waals surface area contributed by atoms with E-state index in [9.17, 15) is 9.59 Å². The molecular weight excluding hydrogens is 360 g/mol. The van der Waals surface area contributed by atoms with Crippen LogP contribution in [0, 0.1) is 6.92 Å². The number of carbonyl (C=O) groups is 2. The predicted octanol–water partition coefficient (Wildman–Crippen LogP) is 3.85. The van der Waals surface area contributed by atoms with Gasteiger partial charge in [0, 0.05) is 25.0 Å². The van der Waals surface area contributed by atoms with Crippen LogP contribution in [0.25, 0.3) is 0 Å². The number of hydrogen-bond acceptors (Lipinski definition) is 5. The number of aryl methyl sites for hydroxylation is 1. The van der Waals surface area contributed by atoms with Crippen molar-refractivity contribution in [2.75, 3.05) is 20.1 Å². The molecule has 0 saturated carbocycles. The second-order valence-electron chi connectivity index (χ2n) is 5.83. The summed E-state index contributed by atoms with van der Waals surface area (Å²) in [6, 6.07) is 5.81. The molecule has 1 saturated heterocycles. The molecule has 2 amide bonds. The van der Waals surface area contributed by atoms with Crippen molar-refractivity contribution in [1.82, 2.24) is 9.80 Å². The van der Waals surface area contributed by atoms with E-state index in [0.29, 0.717) is 13.1 Å². The molecule has 0 bridgehead atoms. The molecule has 2 aromatic heterocycles. The Bertz CT molecular complexity index is 726. The zero-order valence-corrected chi connectivity index (χ0v) is 16.3. The normalized spacial score (nSPS) is 20.6. The van der Waals surface area contributed by atoms with Gasteiger partial charge in [0.05, 0.1) is 10.1 Å². The fourth-order valence-electron chi connectivity index (χ4n) is 2.69. The monoisotopic (exact) mass is 380 g/mol. The summed E-state index contributed by atoms with van der Waals surface area (Å²) >= 11 is 4.84. The maximum Gasteiger partial charge on any atom is 0.263 e. The van der Waals surface area contributed by atoms with Gasteiger partial charge in [0.1, 0.15) is 5.37 Å². The van der Waals surface area contributed by atoms with Crippen LogP contribution in [0.5, 0.6) is 0 Å². The summed E-state index contributed by atoms with van der Waals surface area (Å²) in [5.41, 5.74) is 1.23. The fourth-order valence-corrected chi connectivity index (χ4v) is 5.96. The van der Waals surface area contributed by atoms with Crippen LogP contribution < -0.4 is 0 Å². The van der Waals surface area contributed by atoms with Crippen LogP contribution in [-0.4, -0.2) is 47.0 Å². The van der Waals surface area contributed by atoms with E-state index in [4.69, 9.17) is 0 Å². The van der Waals surface area contributed by atoms with Crippen molar-refractivity contribution < 1.29 is 9.59 Å². The Morgan fingerprint density at radius 3 is 2.71 bits per heavy atom. The minimum atomic E-state index is -0.0326. The topological polar surface area (TPSA) is 40.6 Å². The lowest BCUT2D eigenvalue weighted by Crippen LogP contribution is -2.38. The molecule has 4 nitrogen and oxygen atoms in total. The summed E-state index contributed by atoms with van der Waals surface area (Å²) in [5.74, 6) is 0.177. The lowest BCUT2D eigenvalue weighted by Gasteiger charge is -2.26. The van der Waals surface area contributed by atoms with Gasteiger partial charge in [0.15, 0.2) is 0 Å². The van der Waals surface area contributed by atoms with E-state index in [1.807, 2.05) is 29.3 Å². The molecule has 0 aromatic carbocycles. The number of amides is 2. The standard InChI is InChI=1S/C17H20N2O2S3/c1-11-6-10-23-14(11)17-19(15(20)12(2)24-17)8-7-18(3)16(21)13-5-4-9-22-13/h4-6,9-10,12,17H,7-8H2,1-3H3/t12-,17+/m0/s1. The Labute approximate surface area is 154 Å². The van der Waals surface area contributed by atoms with Crippen molar-refractivity contribution in [3.05, 3.63) is 44.3 Å². The van der Waals surface area contributed by atoms with E-state index in [-0.39, 0.29) is 22.4 Å². The number of rotatable bonds is 5. The Balaban J connectivity index is 1.69. The van der Waals surface area contributed by atoms with Crippen LogP contribution >= 0.6 is 34.4 Å². The highest BCUT2D eigenvalue weighted by molar-refractivity contribution is 8.01. The first kappa shape index (κ1) is 17.5. The van der Waals surface area contributed by atoms with Crippen LogP contribution in [0.4, 0.5) is 0 Å². The predicted molar refractivity (Wildman–Crippen MR) is 102 cm³/mol. The molecule has 1 aliphatic heterocycles. The molecule has 128 valence electrons. The number of carbonyl (C=O) groups excluding carboxylic acids is 2. The first-order valence-electron chi connectivity index (χ1n) is 7.78. The molecule has 2 atom stereocenters. The van der Waals surface area contributed by atoms with E-state index in [0.717, 1.165) is 4.88 Å². The maximum atomic E-state index is 12.5. The Kier molecular flexibility index (Phi) is 5.32.